The van der Waals surface area contributed by atoms with Crippen LogP contribution in [0.3, 0.4) is 0 Å². The molecule has 8 nitrogen and oxygen atoms in total. The number of nitrogens with zero attached hydrogens (tertiary/aromatic N) is 4. The molecule has 2 saturated carbocycles. The van der Waals surface area contributed by atoms with Crippen LogP contribution in [0.5, 0.6) is 5.88 Å². The molecule has 0 aliphatic heterocycles. The molecule has 0 saturated heterocycles. The van der Waals surface area contributed by atoms with Crippen LogP contribution in [0.25, 0.3) is 22.2 Å². The van der Waals surface area contributed by atoms with E-state index in [0.717, 1.165) is 65.8 Å². The third kappa shape index (κ3) is 5.02. The fraction of sp³-hybridized carbons (Fsp3) is 0.333. The van der Waals surface area contributed by atoms with Gasteiger partial charge < -0.3 is 20.5 Å². The highest BCUT2D eigenvalue weighted by molar-refractivity contribution is 5.83. The van der Waals surface area contributed by atoms with Gasteiger partial charge in [0.15, 0.2) is 0 Å². The molecule has 178 valence electrons. The number of para-hydroxylation sites is 1. The van der Waals surface area contributed by atoms with Crippen molar-refractivity contribution < 1.29 is 9.84 Å². The Hall–Kier alpha value is -3.78. The highest BCUT2D eigenvalue weighted by atomic mass is 16.5. The first kappa shape index (κ1) is 21.7. The number of aromatic nitrogens is 4. The standard InChI is InChI=1S/C27H28N6O2/c34-16-17-5-7-19(13-17)30-26-22(24-10-6-18-3-1-2-4-23(18)32-24)15-29-27(33-26)31-20-11-12-28-25(14-20)35-21-8-9-21/h1-4,6,10-12,14-15,17,19,21,34H,5,7-9,13,16H2,(H2,28,29,30,31,33). The van der Waals surface area contributed by atoms with Crippen molar-refractivity contribution in [3.05, 3.63) is 60.9 Å². The zero-order chi connectivity index (χ0) is 23.6. The van der Waals surface area contributed by atoms with Gasteiger partial charge in [-0.3, -0.25) is 0 Å². The van der Waals surface area contributed by atoms with Gasteiger partial charge in [0.1, 0.15) is 11.9 Å². The van der Waals surface area contributed by atoms with Crippen LogP contribution in [0.4, 0.5) is 17.5 Å². The van der Waals surface area contributed by atoms with Crippen molar-refractivity contribution in [2.24, 2.45) is 5.92 Å². The van der Waals surface area contributed by atoms with Crippen molar-refractivity contribution >= 4 is 28.4 Å². The fourth-order valence-electron chi connectivity index (χ4n) is 4.56. The molecule has 35 heavy (non-hydrogen) atoms. The minimum atomic E-state index is 0.223. The third-order valence-corrected chi connectivity index (χ3v) is 6.61. The van der Waals surface area contributed by atoms with Gasteiger partial charge in [-0.2, -0.15) is 4.98 Å². The number of hydrogen-bond acceptors (Lipinski definition) is 8. The number of pyridine rings is 2. The predicted octanol–water partition coefficient (Wildman–Crippen LogP) is 4.94. The number of fused-ring (bicyclic) bond motifs is 1. The van der Waals surface area contributed by atoms with E-state index in [4.69, 9.17) is 14.7 Å². The molecule has 0 radical (unpaired) electrons. The molecule has 2 atom stereocenters. The Morgan fingerprint density at radius 2 is 1.89 bits per heavy atom. The molecule has 0 amide bonds. The van der Waals surface area contributed by atoms with E-state index in [-0.39, 0.29) is 18.8 Å². The predicted molar refractivity (Wildman–Crippen MR) is 136 cm³/mol. The maximum atomic E-state index is 9.58. The van der Waals surface area contributed by atoms with Crippen LogP contribution in [0.15, 0.2) is 60.9 Å². The quantitative estimate of drug-likeness (QED) is 0.334. The summed E-state index contributed by atoms with van der Waals surface area (Å²) >= 11 is 0. The van der Waals surface area contributed by atoms with E-state index < -0.39 is 0 Å². The molecule has 3 N–H and O–H groups in total. The first-order chi connectivity index (χ1) is 17.2. The van der Waals surface area contributed by atoms with Crippen LogP contribution in [0.1, 0.15) is 32.1 Å². The van der Waals surface area contributed by atoms with Gasteiger partial charge in [-0.25, -0.2) is 15.0 Å². The lowest BCUT2D eigenvalue weighted by Crippen LogP contribution is -2.18. The lowest BCUT2D eigenvalue weighted by Gasteiger charge is -2.18. The van der Waals surface area contributed by atoms with Crippen molar-refractivity contribution in [1.29, 1.82) is 0 Å². The SMILES string of the molecule is OCC1CCC(Nc2nc(Nc3ccnc(OC4CC4)c3)ncc2-c2ccc3ccccc3n2)C1. The van der Waals surface area contributed by atoms with Crippen molar-refractivity contribution in [2.75, 3.05) is 17.2 Å². The Morgan fingerprint density at radius 1 is 0.971 bits per heavy atom. The topological polar surface area (TPSA) is 105 Å². The smallest absolute Gasteiger partial charge is 0.229 e. The highest BCUT2D eigenvalue weighted by Crippen LogP contribution is 2.33. The second kappa shape index (κ2) is 9.46. The third-order valence-electron chi connectivity index (χ3n) is 6.61. The average molecular weight is 469 g/mol. The first-order valence-electron chi connectivity index (χ1n) is 12.2. The van der Waals surface area contributed by atoms with E-state index in [2.05, 4.69) is 32.7 Å². The van der Waals surface area contributed by atoms with Gasteiger partial charge in [0.05, 0.1) is 16.8 Å². The molecular weight excluding hydrogens is 440 g/mol. The van der Waals surface area contributed by atoms with Crippen LogP contribution in [-0.4, -0.2) is 43.8 Å². The highest BCUT2D eigenvalue weighted by Gasteiger charge is 2.26. The number of anilines is 3. The molecule has 3 aromatic heterocycles. The van der Waals surface area contributed by atoms with Crippen molar-refractivity contribution in [3.8, 4) is 17.1 Å². The average Bonchev–Trinajstić information content (AvgIpc) is 3.58. The van der Waals surface area contributed by atoms with Gasteiger partial charge in [0.25, 0.3) is 0 Å². The normalized spacial score (nSPS) is 19.6. The first-order valence-corrected chi connectivity index (χ1v) is 12.2. The van der Waals surface area contributed by atoms with Crippen LogP contribution < -0.4 is 15.4 Å². The second-order valence-corrected chi connectivity index (χ2v) is 9.37. The Bertz CT molecular complexity index is 1340. The van der Waals surface area contributed by atoms with Crippen molar-refractivity contribution in [2.45, 2.75) is 44.2 Å². The second-order valence-electron chi connectivity index (χ2n) is 9.37. The van der Waals surface area contributed by atoms with Gasteiger partial charge in [0, 0.05) is 42.2 Å². The van der Waals surface area contributed by atoms with E-state index in [1.165, 1.54) is 0 Å². The van der Waals surface area contributed by atoms with E-state index in [0.29, 0.717) is 17.7 Å². The summed E-state index contributed by atoms with van der Waals surface area (Å²) < 4.78 is 5.82. The van der Waals surface area contributed by atoms with E-state index in [9.17, 15) is 5.11 Å². The summed E-state index contributed by atoms with van der Waals surface area (Å²) in [4.78, 5) is 18.6. The van der Waals surface area contributed by atoms with Crippen LogP contribution in [0, 0.1) is 5.92 Å². The Kier molecular flexibility index (Phi) is 5.88. The zero-order valence-corrected chi connectivity index (χ0v) is 19.4. The fourth-order valence-corrected chi connectivity index (χ4v) is 4.56. The lowest BCUT2D eigenvalue weighted by atomic mass is 10.1. The maximum absolute atomic E-state index is 9.58. The largest absolute Gasteiger partial charge is 0.474 e. The summed E-state index contributed by atoms with van der Waals surface area (Å²) in [6.07, 6.45) is 8.91. The number of rotatable bonds is 8. The molecule has 1 aromatic carbocycles. The van der Waals surface area contributed by atoms with E-state index >= 15 is 0 Å². The summed E-state index contributed by atoms with van der Waals surface area (Å²) in [5.41, 5.74) is 3.42. The van der Waals surface area contributed by atoms with Crippen LogP contribution >= 0.6 is 0 Å². The Morgan fingerprint density at radius 3 is 2.74 bits per heavy atom. The monoisotopic (exact) mass is 468 g/mol. The minimum absolute atomic E-state index is 0.223. The van der Waals surface area contributed by atoms with Gasteiger partial charge in [-0.1, -0.05) is 24.3 Å². The molecule has 4 aromatic rings. The van der Waals surface area contributed by atoms with Gasteiger partial charge in [-0.05, 0) is 56.2 Å². The molecule has 2 unspecified atom stereocenters. The van der Waals surface area contributed by atoms with Gasteiger partial charge in [0.2, 0.25) is 11.8 Å². The van der Waals surface area contributed by atoms with Gasteiger partial charge >= 0.3 is 0 Å². The summed E-state index contributed by atoms with van der Waals surface area (Å²) in [5, 5.41) is 17.6. The molecule has 2 aliphatic rings. The summed E-state index contributed by atoms with van der Waals surface area (Å²) in [6, 6.07) is 16.1. The summed E-state index contributed by atoms with van der Waals surface area (Å²) in [5.74, 6) is 2.15. The molecule has 0 bridgehead atoms. The molecule has 6 rings (SSSR count). The zero-order valence-electron chi connectivity index (χ0n) is 19.4. The molecule has 0 spiro atoms. The van der Waals surface area contributed by atoms with Crippen LogP contribution in [-0.2, 0) is 0 Å². The molecule has 8 heteroatoms. The number of hydrogen-bond donors (Lipinski definition) is 3. The van der Waals surface area contributed by atoms with Crippen molar-refractivity contribution in [3.63, 3.8) is 0 Å². The number of aliphatic hydroxyl groups excluding tert-OH is 1. The minimum Gasteiger partial charge on any atom is -0.474 e. The number of ether oxygens (including phenoxy) is 1. The Balaban J connectivity index is 1.31. The molecule has 2 aliphatic carbocycles. The molecule has 2 fully saturated rings. The number of aliphatic hydroxyl groups is 1. The lowest BCUT2D eigenvalue weighted by molar-refractivity contribution is 0.229. The van der Waals surface area contributed by atoms with Crippen molar-refractivity contribution in [1.82, 2.24) is 19.9 Å². The Labute approximate surface area is 203 Å². The number of benzene rings is 1. The van der Waals surface area contributed by atoms with Gasteiger partial charge in [-0.15, -0.1) is 0 Å². The summed E-state index contributed by atoms with van der Waals surface area (Å²) in [7, 11) is 0. The summed E-state index contributed by atoms with van der Waals surface area (Å²) in [6.45, 7) is 0.223. The maximum Gasteiger partial charge on any atom is 0.229 e. The molecular formula is C27H28N6O2. The number of nitrogens with one attached hydrogen (secondary N) is 2. The van der Waals surface area contributed by atoms with E-state index in [1.54, 1.807) is 6.20 Å². The van der Waals surface area contributed by atoms with E-state index in [1.807, 2.05) is 42.6 Å². The molecule has 3 heterocycles. The van der Waals surface area contributed by atoms with Crippen LogP contribution in [0.2, 0.25) is 0 Å².